The van der Waals surface area contributed by atoms with Crippen molar-refractivity contribution in [3.05, 3.63) is 40.9 Å². The summed E-state index contributed by atoms with van der Waals surface area (Å²) in [4.78, 5) is 9.45. The second-order valence-corrected chi connectivity index (χ2v) is 6.30. The molecule has 0 spiro atoms. The van der Waals surface area contributed by atoms with Crippen LogP contribution in [-0.4, -0.2) is 17.1 Å². The molecule has 0 amide bonds. The molecule has 0 aliphatic rings. The zero-order chi connectivity index (χ0) is 15.0. The van der Waals surface area contributed by atoms with Crippen molar-refractivity contribution in [1.29, 1.82) is 0 Å². The molecule has 3 rings (SSSR count). The summed E-state index contributed by atoms with van der Waals surface area (Å²) in [5.74, 6) is 1.27. The minimum atomic E-state index is 0.441. The Balaban J connectivity index is 2.13. The van der Waals surface area contributed by atoms with Crippen LogP contribution < -0.4 is 4.74 Å². The van der Waals surface area contributed by atoms with E-state index >= 15 is 0 Å². The highest BCUT2D eigenvalue weighted by Gasteiger charge is 2.11. The molecule has 1 aromatic carbocycles. The lowest BCUT2D eigenvalue weighted by atomic mass is 10.1. The number of hydrogen-bond donors (Lipinski definition) is 0. The van der Waals surface area contributed by atoms with E-state index in [4.69, 9.17) is 14.7 Å². The average Bonchev–Trinajstić information content (AvgIpc) is 2.96. The maximum atomic E-state index is 5.29. The summed E-state index contributed by atoms with van der Waals surface area (Å²) in [5, 5.41) is 4.25. The van der Waals surface area contributed by atoms with E-state index in [0.717, 1.165) is 33.0 Å². The molecule has 3 aromatic rings. The number of rotatable bonds is 3. The van der Waals surface area contributed by atoms with Gasteiger partial charge < -0.3 is 4.74 Å². The Morgan fingerprint density at radius 3 is 2.62 bits per heavy atom. The van der Waals surface area contributed by atoms with Crippen molar-refractivity contribution < 1.29 is 4.74 Å². The fraction of sp³-hybridized carbons (Fsp3) is 0.294. The largest absolute Gasteiger partial charge is 0.497 e. The van der Waals surface area contributed by atoms with Crippen LogP contribution in [0.3, 0.4) is 0 Å². The summed E-state index contributed by atoms with van der Waals surface area (Å²) in [6.07, 6.45) is 0. The molecule has 0 aliphatic heterocycles. The smallest absolute Gasteiger partial charge is 0.142 e. The van der Waals surface area contributed by atoms with E-state index in [1.54, 1.807) is 18.4 Å². The number of hydrogen-bond acceptors (Lipinski definition) is 4. The molecule has 0 radical (unpaired) electrons. The first-order valence-corrected chi connectivity index (χ1v) is 7.87. The molecule has 3 nitrogen and oxygen atoms in total. The molecule has 0 atom stereocenters. The Kier molecular flexibility index (Phi) is 3.64. The molecular formula is C17H18N2OS. The molecule has 0 aliphatic carbocycles. The van der Waals surface area contributed by atoms with Gasteiger partial charge in [0.1, 0.15) is 10.8 Å². The van der Waals surface area contributed by atoms with Crippen molar-refractivity contribution in [2.45, 2.75) is 26.7 Å². The van der Waals surface area contributed by atoms with E-state index in [-0.39, 0.29) is 0 Å². The van der Waals surface area contributed by atoms with Gasteiger partial charge >= 0.3 is 0 Å². The van der Waals surface area contributed by atoms with E-state index in [2.05, 4.69) is 38.3 Å². The van der Waals surface area contributed by atoms with Gasteiger partial charge in [-0.1, -0.05) is 13.8 Å². The Bertz CT molecular complexity index is 793. The highest BCUT2D eigenvalue weighted by molar-refractivity contribution is 7.13. The second-order valence-electron chi connectivity index (χ2n) is 5.44. The van der Waals surface area contributed by atoms with E-state index in [1.807, 2.05) is 12.1 Å². The standard InChI is InChI=1S/C17H18N2OS/c1-10(2)16-9-21-17(19-16)15-7-11(3)13-6-5-12(20-4)8-14(13)18-15/h5-10H,1-4H3. The first-order valence-electron chi connectivity index (χ1n) is 6.99. The predicted molar refractivity (Wildman–Crippen MR) is 88.2 cm³/mol. The summed E-state index contributed by atoms with van der Waals surface area (Å²) < 4.78 is 5.29. The first kappa shape index (κ1) is 14.0. The van der Waals surface area contributed by atoms with Gasteiger partial charge in [0, 0.05) is 16.8 Å². The number of nitrogens with zero attached hydrogens (tertiary/aromatic N) is 2. The van der Waals surface area contributed by atoms with Gasteiger partial charge in [0.15, 0.2) is 0 Å². The maximum absolute atomic E-state index is 5.29. The highest BCUT2D eigenvalue weighted by Crippen LogP contribution is 2.30. The quantitative estimate of drug-likeness (QED) is 0.696. The van der Waals surface area contributed by atoms with Crippen LogP contribution in [0.1, 0.15) is 31.0 Å². The molecule has 2 heterocycles. The fourth-order valence-electron chi connectivity index (χ4n) is 2.29. The molecule has 0 saturated carbocycles. The van der Waals surface area contributed by atoms with E-state index in [1.165, 1.54) is 5.56 Å². The minimum Gasteiger partial charge on any atom is -0.497 e. The summed E-state index contributed by atoms with van der Waals surface area (Å²) in [5.41, 5.74) is 4.22. The normalized spacial score (nSPS) is 11.3. The zero-order valence-corrected chi connectivity index (χ0v) is 13.5. The number of ether oxygens (including phenoxy) is 1. The third-order valence-electron chi connectivity index (χ3n) is 3.56. The van der Waals surface area contributed by atoms with E-state index < -0.39 is 0 Å². The van der Waals surface area contributed by atoms with Crippen molar-refractivity contribution >= 4 is 22.2 Å². The van der Waals surface area contributed by atoms with Crippen LogP contribution in [0.2, 0.25) is 0 Å². The fourth-order valence-corrected chi connectivity index (χ4v) is 3.23. The Labute approximate surface area is 128 Å². The average molecular weight is 298 g/mol. The molecule has 108 valence electrons. The van der Waals surface area contributed by atoms with Gasteiger partial charge in [0.2, 0.25) is 0 Å². The number of thiazole rings is 1. The molecule has 0 N–H and O–H groups in total. The van der Waals surface area contributed by atoms with Crippen molar-refractivity contribution in [2.24, 2.45) is 0 Å². The lowest BCUT2D eigenvalue weighted by Gasteiger charge is -2.07. The topological polar surface area (TPSA) is 35.0 Å². The third kappa shape index (κ3) is 2.63. The number of aryl methyl sites for hydroxylation is 1. The summed E-state index contributed by atoms with van der Waals surface area (Å²) in [7, 11) is 1.67. The Morgan fingerprint density at radius 1 is 1.14 bits per heavy atom. The highest BCUT2D eigenvalue weighted by atomic mass is 32.1. The number of benzene rings is 1. The Hall–Kier alpha value is -1.94. The van der Waals surface area contributed by atoms with Gasteiger partial charge in [-0.3, -0.25) is 0 Å². The third-order valence-corrected chi connectivity index (χ3v) is 4.44. The molecule has 21 heavy (non-hydrogen) atoms. The first-order chi connectivity index (χ1) is 10.1. The van der Waals surface area contributed by atoms with Crippen molar-refractivity contribution in [3.8, 4) is 16.5 Å². The van der Waals surface area contributed by atoms with Gasteiger partial charge in [0.05, 0.1) is 24.0 Å². The molecule has 0 bridgehead atoms. The van der Waals surface area contributed by atoms with Gasteiger partial charge in [-0.05, 0) is 36.6 Å². The van der Waals surface area contributed by atoms with Crippen LogP contribution in [0.5, 0.6) is 5.75 Å². The van der Waals surface area contributed by atoms with Crippen molar-refractivity contribution in [2.75, 3.05) is 7.11 Å². The number of aromatic nitrogens is 2. The van der Waals surface area contributed by atoms with Gasteiger partial charge in [0.25, 0.3) is 0 Å². The lowest BCUT2D eigenvalue weighted by molar-refractivity contribution is 0.415. The van der Waals surface area contributed by atoms with E-state index in [9.17, 15) is 0 Å². The number of methoxy groups -OCH3 is 1. The van der Waals surface area contributed by atoms with Crippen LogP contribution in [0.15, 0.2) is 29.6 Å². The molecule has 2 aromatic heterocycles. The minimum absolute atomic E-state index is 0.441. The van der Waals surface area contributed by atoms with Gasteiger partial charge in [-0.15, -0.1) is 11.3 Å². The molecular weight excluding hydrogens is 280 g/mol. The van der Waals surface area contributed by atoms with Gasteiger partial charge in [-0.2, -0.15) is 0 Å². The van der Waals surface area contributed by atoms with Crippen LogP contribution in [0.25, 0.3) is 21.6 Å². The second kappa shape index (κ2) is 5.45. The number of pyridine rings is 1. The summed E-state index contributed by atoms with van der Waals surface area (Å²) in [6.45, 7) is 6.42. The van der Waals surface area contributed by atoms with E-state index in [0.29, 0.717) is 5.92 Å². The van der Waals surface area contributed by atoms with Gasteiger partial charge in [-0.25, -0.2) is 9.97 Å². The van der Waals surface area contributed by atoms with Crippen molar-refractivity contribution in [3.63, 3.8) is 0 Å². The van der Waals surface area contributed by atoms with Crippen LogP contribution >= 0.6 is 11.3 Å². The summed E-state index contributed by atoms with van der Waals surface area (Å²) in [6, 6.07) is 8.11. The van der Waals surface area contributed by atoms with Crippen LogP contribution in [0.4, 0.5) is 0 Å². The lowest BCUT2D eigenvalue weighted by Crippen LogP contribution is -1.91. The SMILES string of the molecule is COc1ccc2c(C)cc(-c3nc(C(C)C)cs3)nc2c1. The maximum Gasteiger partial charge on any atom is 0.142 e. The summed E-state index contributed by atoms with van der Waals surface area (Å²) >= 11 is 1.65. The molecule has 0 fully saturated rings. The Morgan fingerprint density at radius 2 is 1.95 bits per heavy atom. The monoisotopic (exact) mass is 298 g/mol. The van der Waals surface area contributed by atoms with Crippen molar-refractivity contribution in [1.82, 2.24) is 9.97 Å². The predicted octanol–water partition coefficient (Wildman–Crippen LogP) is 4.80. The zero-order valence-electron chi connectivity index (χ0n) is 12.7. The molecule has 4 heteroatoms. The van der Waals surface area contributed by atoms with Crippen LogP contribution in [0, 0.1) is 6.92 Å². The number of fused-ring (bicyclic) bond motifs is 1. The van der Waals surface area contributed by atoms with Crippen LogP contribution in [-0.2, 0) is 0 Å². The molecule has 0 saturated heterocycles. The molecule has 0 unspecified atom stereocenters.